The van der Waals surface area contributed by atoms with Crippen molar-refractivity contribution in [1.29, 1.82) is 0 Å². The number of nitrogens with one attached hydrogen (secondary N) is 1. The van der Waals surface area contributed by atoms with Gasteiger partial charge in [-0.15, -0.1) is 0 Å². The summed E-state index contributed by atoms with van der Waals surface area (Å²) in [5, 5.41) is 17.5. The van der Waals surface area contributed by atoms with E-state index in [2.05, 4.69) is 22.3 Å². The third kappa shape index (κ3) is 4.37. The number of carbonyl (C=O) groups excluding carboxylic acids is 1. The van der Waals surface area contributed by atoms with E-state index in [9.17, 15) is 9.90 Å². The molecule has 3 aromatic heterocycles. The summed E-state index contributed by atoms with van der Waals surface area (Å²) < 4.78 is 1.67. The van der Waals surface area contributed by atoms with Crippen LogP contribution < -0.4 is 11.1 Å². The minimum Gasteiger partial charge on any atom is -0.390 e. The Hall–Kier alpha value is -3.62. The number of benzene rings is 1. The summed E-state index contributed by atoms with van der Waals surface area (Å²) in [5.41, 5.74) is 10.1. The van der Waals surface area contributed by atoms with Gasteiger partial charge in [-0.05, 0) is 49.7 Å². The number of nitrogens with two attached hydrogens (primary N) is 1. The highest BCUT2D eigenvalue weighted by atomic mass is 16.3. The van der Waals surface area contributed by atoms with Crippen LogP contribution in [0.2, 0.25) is 0 Å². The van der Waals surface area contributed by atoms with Gasteiger partial charge in [0.05, 0.1) is 35.3 Å². The fraction of sp³-hybridized carbons (Fsp3) is 0.250. The van der Waals surface area contributed by atoms with Crippen LogP contribution in [0.1, 0.15) is 35.6 Å². The topological polar surface area (TPSA) is 119 Å². The van der Waals surface area contributed by atoms with E-state index in [0.717, 1.165) is 28.9 Å². The number of nitrogens with zero attached hydrogens (tertiary/aromatic N) is 4. The number of aromatic nitrogens is 4. The lowest BCUT2D eigenvalue weighted by Gasteiger charge is -2.12. The molecular weight excluding hydrogens is 404 g/mol. The fourth-order valence-electron chi connectivity index (χ4n) is 3.50. The Morgan fingerprint density at radius 3 is 2.69 bits per heavy atom. The zero-order valence-electron chi connectivity index (χ0n) is 18.1. The highest BCUT2D eigenvalue weighted by Gasteiger charge is 2.18. The summed E-state index contributed by atoms with van der Waals surface area (Å²) in [4.78, 5) is 22.2. The molecule has 0 spiro atoms. The van der Waals surface area contributed by atoms with Gasteiger partial charge in [0.1, 0.15) is 0 Å². The maximum atomic E-state index is 13.0. The molecule has 1 amide bonds. The summed E-state index contributed by atoms with van der Waals surface area (Å²) in [6.45, 7) is 4.08. The maximum Gasteiger partial charge on any atom is 0.252 e. The monoisotopic (exact) mass is 430 g/mol. The molecule has 164 valence electrons. The average molecular weight is 431 g/mol. The molecule has 3 heterocycles. The molecule has 4 N–H and O–H groups in total. The Kier molecular flexibility index (Phi) is 6.25. The Labute approximate surface area is 186 Å². The van der Waals surface area contributed by atoms with Gasteiger partial charge < -0.3 is 16.2 Å². The molecule has 8 nitrogen and oxygen atoms in total. The number of pyridine rings is 2. The Bertz CT molecular complexity index is 1260. The molecule has 1 aromatic carbocycles. The number of aliphatic hydroxyl groups excluding tert-OH is 1. The molecule has 0 bridgehead atoms. The molecule has 8 heteroatoms. The Morgan fingerprint density at radius 1 is 1.16 bits per heavy atom. The number of fused-ring (bicyclic) bond motifs is 1. The van der Waals surface area contributed by atoms with Crippen LogP contribution in [0.5, 0.6) is 0 Å². The molecule has 0 saturated carbocycles. The minimum absolute atomic E-state index is 0.159. The van der Waals surface area contributed by atoms with Crippen molar-refractivity contribution in [3.05, 3.63) is 71.7 Å². The van der Waals surface area contributed by atoms with Crippen LogP contribution in [0.25, 0.3) is 28.0 Å². The van der Waals surface area contributed by atoms with Crippen molar-refractivity contribution < 1.29 is 9.90 Å². The summed E-state index contributed by atoms with van der Waals surface area (Å²) in [6, 6.07) is 14.9. The molecule has 0 aliphatic rings. The van der Waals surface area contributed by atoms with E-state index in [1.54, 1.807) is 16.9 Å². The number of hydrogen-bond donors (Lipinski definition) is 3. The zero-order chi connectivity index (χ0) is 22.7. The summed E-state index contributed by atoms with van der Waals surface area (Å²) >= 11 is 0. The lowest BCUT2D eigenvalue weighted by molar-refractivity contribution is 0.0953. The van der Waals surface area contributed by atoms with E-state index in [1.165, 1.54) is 0 Å². The van der Waals surface area contributed by atoms with Crippen molar-refractivity contribution >= 4 is 16.8 Å². The van der Waals surface area contributed by atoms with Gasteiger partial charge in [-0.2, -0.15) is 5.10 Å². The number of rotatable bonds is 7. The first-order valence-electron chi connectivity index (χ1n) is 10.6. The second-order valence-electron chi connectivity index (χ2n) is 7.71. The van der Waals surface area contributed by atoms with Crippen molar-refractivity contribution in [2.24, 2.45) is 5.73 Å². The van der Waals surface area contributed by atoms with Crippen LogP contribution in [0.4, 0.5) is 0 Å². The number of aryl methyl sites for hydroxylation is 1. The Balaban J connectivity index is 1.91. The predicted octanol–water partition coefficient (Wildman–Crippen LogP) is 2.61. The highest BCUT2D eigenvalue weighted by Crippen LogP contribution is 2.28. The van der Waals surface area contributed by atoms with E-state index in [-0.39, 0.29) is 18.6 Å². The van der Waals surface area contributed by atoms with E-state index >= 15 is 0 Å². The molecule has 0 aliphatic heterocycles. The summed E-state index contributed by atoms with van der Waals surface area (Å²) in [7, 11) is 0. The molecule has 0 aliphatic carbocycles. The third-order valence-electron chi connectivity index (χ3n) is 5.15. The normalized spacial score (nSPS) is 12.1. The average Bonchev–Trinajstić information content (AvgIpc) is 3.26. The third-order valence-corrected chi connectivity index (χ3v) is 5.15. The first kappa shape index (κ1) is 21.6. The second-order valence-corrected chi connectivity index (χ2v) is 7.71. The zero-order valence-corrected chi connectivity index (χ0v) is 18.1. The molecular formula is C24H26N6O2. The Morgan fingerprint density at radius 2 is 1.94 bits per heavy atom. The lowest BCUT2D eigenvalue weighted by Crippen LogP contribution is -2.35. The van der Waals surface area contributed by atoms with Gasteiger partial charge in [-0.25, -0.2) is 9.67 Å². The fourth-order valence-corrected chi connectivity index (χ4v) is 3.50. The van der Waals surface area contributed by atoms with Gasteiger partial charge in [0.15, 0.2) is 5.82 Å². The van der Waals surface area contributed by atoms with Gasteiger partial charge in [-0.3, -0.25) is 9.78 Å². The molecule has 0 radical (unpaired) electrons. The molecule has 1 atom stereocenters. The van der Waals surface area contributed by atoms with Gasteiger partial charge in [0.25, 0.3) is 5.91 Å². The van der Waals surface area contributed by atoms with Crippen LogP contribution in [0.15, 0.2) is 54.7 Å². The van der Waals surface area contributed by atoms with Crippen LogP contribution in [0.3, 0.4) is 0 Å². The summed E-state index contributed by atoms with van der Waals surface area (Å²) in [5.74, 6) is 0.332. The van der Waals surface area contributed by atoms with E-state index in [1.807, 2.05) is 49.4 Å². The van der Waals surface area contributed by atoms with Crippen LogP contribution in [-0.2, 0) is 13.0 Å². The minimum atomic E-state index is -0.225. The molecule has 0 fully saturated rings. The number of amides is 1. The van der Waals surface area contributed by atoms with Crippen molar-refractivity contribution in [1.82, 2.24) is 25.1 Å². The quantitative estimate of drug-likeness (QED) is 0.415. The van der Waals surface area contributed by atoms with Crippen LogP contribution >= 0.6 is 0 Å². The number of hydrogen-bond acceptors (Lipinski definition) is 6. The molecule has 4 aromatic rings. The largest absolute Gasteiger partial charge is 0.390 e. The SMILES string of the molecule is CCc1cccc(-c2cc(C(=O)NCC(C)N)c3cnn(-c4cccc(CO)n4)c3c2)n1. The van der Waals surface area contributed by atoms with E-state index in [0.29, 0.717) is 29.0 Å². The molecule has 1 unspecified atom stereocenters. The van der Waals surface area contributed by atoms with E-state index < -0.39 is 0 Å². The van der Waals surface area contributed by atoms with Crippen molar-refractivity contribution in [3.63, 3.8) is 0 Å². The molecule has 32 heavy (non-hydrogen) atoms. The molecule has 0 saturated heterocycles. The van der Waals surface area contributed by atoms with Crippen molar-refractivity contribution in [3.8, 4) is 17.1 Å². The first-order valence-corrected chi connectivity index (χ1v) is 10.6. The van der Waals surface area contributed by atoms with Crippen LogP contribution in [0, 0.1) is 0 Å². The lowest BCUT2D eigenvalue weighted by atomic mass is 10.0. The molecule has 4 rings (SSSR count). The predicted molar refractivity (Wildman–Crippen MR) is 123 cm³/mol. The van der Waals surface area contributed by atoms with Crippen LogP contribution in [-0.4, -0.2) is 43.3 Å². The number of carbonyl (C=O) groups is 1. The maximum absolute atomic E-state index is 13.0. The first-order chi connectivity index (χ1) is 15.5. The van der Waals surface area contributed by atoms with Gasteiger partial charge >= 0.3 is 0 Å². The number of aliphatic hydroxyl groups is 1. The van der Waals surface area contributed by atoms with Gasteiger partial charge in [0, 0.05) is 29.2 Å². The standard InChI is InChI=1S/C24H26N6O2/c1-3-17-6-4-8-21(28-17)16-10-19(24(32)26-12-15(2)25)20-13-27-30(22(20)11-16)23-9-5-7-18(14-31)29-23/h4-11,13,15,31H,3,12,14,25H2,1-2H3,(H,26,32). The second kappa shape index (κ2) is 9.25. The highest BCUT2D eigenvalue weighted by molar-refractivity contribution is 6.08. The van der Waals surface area contributed by atoms with Gasteiger partial charge in [-0.1, -0.05) is 19.1 Å². The van der Waals surface area contributed by atoms with Crippen molar-refractivity contribution in [2.75, 3.05) is 6.54 Å². The van der Waals surface area contributed by atoms with Gasteiger partial charge in [0.2, 0.25) is 0 Å². The van der Waals surface area contributed by atoms with E-state index in [4.69, 9.17) is 10.7 Å². The smallest absolute Gasteiger partial charge is 0.252 e. The summed E-state index contributed by atoms with van der Waals surface area (Å²) in [6.07, 6.45) is 2.47. The van der Waals surface area contributed by atoms with Crippen molar-refractivity contribution in [2.45, 2.75) is 32.9 Å².